The lowest BCUT2D eigenvalue weighted by atomic mass is 10.0. The summed E-state index contributed by atoms with van der Waals surface area (Å²) in [4.78, 5) is 40.3. The van der Waals surface area contributed by atoms with Gasteiger partial charge in [0.15, 0.2) is 0 Å². The Morgan fingerprint density at radius 2 is 1.80 bits per heavy atom. The minimum Gasteiger partial charge on any atom is -0.462 e. The van der Waals surface area contributed by atoms with E-state index in [4.69, 9.17) is 4.74 Å². The van der Waals surface area contributed by atoms with Crippen molar-refractivity contribution in [2.24, 2.45) is 5.16 Å². The fraction of sp³-hybridized carbons (Fsp3) is 0.227. The average molecular weight is 424 g/mol. The quantitative estimate of drug-likeness (QED) is 0.156. The topological polar surface area (TPSA) is 106 Å². The normalized spacial score (nSPS) is 10.8. The van der Waals surface area contributed by atoms with Crippen molar-refractivity contribution in [1.29, 1.82) is 5.26 Å². The van der Waals surface area contributed by atoms with Gasteiger partial charge >= 0.3 is 11.9 Å². The number of thioether (sulfide) groups is 1. The van der Waals surface area contributed by atoms with Crippen LogP contribution in [0.2, 0.25) is 0 Å². The van der Waals surface area contributed by atoms with Crippen LogP contribution in [-0.4, -0.2) is 30.0 Å². The Labute approximate surface area is 178 Å². The fourth-order valence-corrected chi connectivity index (χ4v) is 3.28. The maximum atomic E-state index is 12.4. The molecule has 0 saturated heterocycles. The predicted molar refractivity (Wildman–Crippen MR) is 112 cm³/mol. The second-order valence-electron chi connectivity index (χ2n) is 6.11. The number of nitrogens with zero attached hydrogens (tertiary/aromatic N) is 2. The number of hydrogen-bond donors (Lipinski definition) is 0. The van der Waals surface area contributed by atoms with Crippen molar-refractivity contribution < 1.29 is 24.0 Å². The van der Waals surface area contributed by atoms with Gasteiger partial charge in [-0.15, -0.1) is 11.8 Å². The van der Waals surface area contributed by atoms with E-state index in [-0.39, 0.29) is 22.8 Å². The first-order valence-electron chi connectivity index (χ1n) is 9.05. The van der Waals surface area contributed by atoms with Gasteiger partial charge in [0.25, 0.3) is 0 Å². The Morgan fingerprint density at radius 3 is 2.40 bits per heavy atom. The van der Waals surface area contributed by atoms with Gasteiger partial charge in [-0.25, -0.2) is 9.59 Å². The van der Waals surface area contributed by atoms with Gasteiger partial charge in [-0.2, -0.15) is 5.26 Å². The van der Waals surface area contributed by atoms with Crippen LogP contribution in [0.15, 0.2) is 52.5 Å². The molecule has 7 nitrogen and oxygen atoms in total. The second kappa shape index (κ2) is 10.9. The molecule has 0 spiro atoms. The summed E-state index contributed by atoms with van der Waals surface area (Å²) >= 11 is 1.49. The highest BCUT2D eigenvalue weighted by molar-refractivity contribution is 7.98. The van der Waals surface area contributed by atoms with Gasteiger partial charge in [-0.1, -0.05) is 17.3 Å². The van der Waals surface area contributed by atoms with E-state index in [0.717, 1.165) is 10.5 Å². The van der Waals surface area contributed by atoms with Crippen molar-refractivity contribution >= 4 is 35.2 Å². The third-order valence-electron chi connectivity index (χ3n) is 3.87. The third-order valence-corrected chi connectivity index (χ3v) is 4.93. The maximum absolute atomic E-state index is 12.4. The van der Waals surface area contributed by atoms with Crippen molar-refractivity contribution in [3.05, 3.63) is 64.7 Å². The molecule has 2 rings (SSSR count). The Morgan fingerprint density at radius 1 is 1.10 bits per heavy atom. The van der Waals surface area contributed by atoms with Crippen molar-refractivity contribution in [3.63, 3.8) is 0 Å². The lowest BCUT2D eigenvalue weighted by Gasteiger charge is -2.07. The van der Waals surface area contributed by atoms with Crippen LogP contribution >= 0.6 is 11.8 Å². The molecule has 0 fully saturated rings. The molecule has 0 aliphatic rings. The Balaban J connectivity index is 2.09. The average Bonchev–Trinajstić information content (AvgIpc) is 2.75. The van der Waals surface area contributed by atoms with Gasteiger partial charge in [0.1, 0.15) is 5.71 Å². The molecule has 8 heteroatoms. The molecule has 0 N–H and O–H groups in total. The minimum absolute atomic E-state index is 0.0243. The summed E-state index contributed by atoms with van der Waals surface area (Å²) in [6.45, 7) is 4.67. The number of esters is 1. The SMILES string of the molecule is CCOC(=O)c1ccc(CSc2ccc(C(=O)/C(C)=N/OC(C)=O)c(C#N)c2)cc1. The molecular weight excluding hydrogens is 404 g/mol. The maximum Gasteiger partial charge on any atom is 0.338 e. The van der Waals surface area contributed by atoms with E-state index in [2.05, 4.69) is 9.99 Å². The van der Waals surface area contributed by atoms with Gasteiger partial charge in [-0.05, 0) is 49.7 Å². The van der Waals surface area contributed by atoms with Gasteiger partial charge in [-0.3, -0.25) is 4.79 Å². The molecule has 0 aromatic heterocycles. The van der Waals surface area contributed by atoms with E-state index < -0.39 is 11.8 Å². The Bertz CT molecular complexity index is 1020. The number of nitriles is 1. The summed E-state index contributed by atoms with van der Waals surface area (Å²) in [6.07, 6.45) is 0. The highest BCUT2D eigenvalue weighted by Crippen LogP contribution is 2.26. The summed E-state index contributed by atoms with van der Waals surface area (Å²) in [7, 11) is 0. The van der Waals surface area contributed by atoms with Crippen molar-refractivity contribution in [2.75, 3.05) is 6.61 Å². The molecule has 2 aromatic carbocycles. The lowest BCUT2D eigenvalue weighted by Crippen LogP contribution is -2.13. The number of ketones is 1. The van der Waals surface area contributed by atoms with Gasteiger partial charge in [0.05, 0.1) is 23.8 Å². The smallest absolute Gasteiger partial charge is 0.338 e. The molecule has 0 amide bonds. The summed E-state index contributed by atoms with van der Waals surface area (Å²) < 4.78 is 4.96. The number of carbonyl (C=O) groups excluding carboxylic acids is 3. The van der Waals surface area contributed by atoms with Crippen LogP contribution in [0, 0.1) is 11.3 Å². The zero-order valence-electron chi connectivity index (χ0n) is 16.8. The molecule has 0 heterocycles. The predicted octanol–water partition coefficient (Wildman–Crippen LogP) is 4.15. The van der Waals surface area contributed by atoms with Crippen molar-refractivity contribution in [1.82, 2.24) is 0 Å². The van der Waals surface area contributed by atoms with Crippen molar-refractivity contribution in [3.8, 4) is 6.07 Å². The first-order chi connectivity index (χ1) is 14.3. The molecule has 0 aliphatic heterocycles. The molecule has 0 bridgehead atoms. The summed E-state index contributed by atoms with van der Waals surface area (Å²) in [5, 5.41) is 12.9. The van der Waals surface area contributed by atoms with Crippen LogP contribution < -0.4 is 0 Å². The van der Waals surface area contributed by atoms with Gasteiger partial charge in [0.2, 0.25) is 5.78 Å². The van der Waals surface area contributed by atoms with Gasteiger partial charge < -0.3 is 9.57 Å². The molecular formula is C22H20N2O5S. The number of rotatable bonds is 8. The van der Waals surface area contributed by atoms with E-state index in [9.17, 15) is 19.6 Å². The first-order valence-corrected chi connectivity index (χ1v) is 10.0. The molecule has 0 unspecified atom stereocenters. The summed E-state index contributed by atoms with van der Waals surface area (Å²) in [5.74, 6) is -0.861. The first kappa shape index (κ1) is 22.8. The third kappa shape index (κ3) is 6.29. The van der Waals surface area contributed by atoms with E-state index >= 15 is 0 Å². The van der Waals surface area contributed by atoms with Crippen LogP contribution in [0.5, 0.6) is 0 Å². The van der Waals surface area contributed by atoms with Crippen LogP contribution in [0.4, 0.5) is 0 Å². The van der Waals surface area contributed by atoms with E-state index in [1.807, 2.05) is 18.2 Å². The number of oxime groups is 1. The summed E-state index contributed by atoms with van der Waals surface area (Å²) in [5.41, 5.74) is 1.86. The molecule has 0 radical (unpaired) electrons. The zero-order valence-corrected chi connectivity index (χ0v) is 17.6. The van der Waals surface area contributed by atoms with Gasteiger partial charge in [0, 0.05) is 23.1 Å². The van der Waals surface area contributed by atoms with Crippen molar-refractivity contribution in [2.45, 2.75) is 31.4 Å². The van der Waals surface area contributed by atoms with Crippen LogP contribution in [0.3, 0.4) is 0 Å². The lowest BCUT2D eigenvalue weighted by molar-refractivity contribution is -0.140. The molecule has 0 saturated carbocycles. The molecule has 154 valence electrons. The standard InChI is InChI=1S/C22H20N2O5S/c1-4-28-22(27)17-7-5-16(6-8-17)13-30-19-9-10-20(18(11-19)12-23)21(26)14(2)24-29-15(3)25/h5-11H,4,13H2,1-3H3/b24-14+. The fourth-order valence-electron chi connectivity index (χ4n) is 2.39. The molecule has 2 aromatic rings. The van der Waals surface area contributed by atoms with Crippen LogP contribution in [0.25, 0.3) is 0 Å². The van der Waals surface area contributed by atoms with Crippen LogP contribution in [-0.2, 0) is 20.1 Å². The van der Waals surface area contributed by atoms with E-state index in [1.165, 1.54) is 25.6 Å². The van der Waals surface area contributed by atoms with E-state index in [0.29, 0.717) is 17.9 Å². The monoisotopic (exact) mass is 424 g/mol. The zero-order chi connectivity index (χ0) is 22.1. The highest BCUT2D eigenvalue weighted by atomic mass is 32.2. The highest BCUT2D eigenvalue weighted by Gasteiger charge is 2.16. The number of ether oxygens (including phenoxy) is 1. The number of hydrogen-bond acceptors (Lipinski definition) is 8. The second-order valence-corrected chi connectivity index (χ2v) is 7.16. The molecule has 0 aliphatic carbocycles. The largest absolute Gasteiger partial charge is 0.462 e. The van der Waals surface area contributed by atoms with E-state index in [1.54, 1.807) is 37.3 Å². The number of benzene rings is 2. The Hall–Kier alpha value is -3.44. The molecule has 30 heavy (non-hydrogen) atoms. The molecule has 0 atom stereocenters. The number of carbonyl (C=O) groups is 3. The minimum atomic E-state index is -0.635. The number of Topliss-reactive ketones (excluding diaryl/α,β-unsaturated/α-hetero) is 1. The summed E-state index contributed by atoms with van der Waals surface area (Å²) in [6, 6.07) is 14.1. The van der Waals surface area contributed by atoms with Crippen LogP contribution in [0.1, 0.15) is 52.6 Å². The Kier molecular flexibility index (Phi) is 8.32.